The number of ether oxygens (including phenoxy) is 1. The minimum Gasteiger partial charge on any atom is -0.452 e. The van der Waals surface area contributed by atoms with Crippen molar-refractivity contribution in [3.8, 4) is 0 Å². The van der Waals surface area contributed by atoms with Crippen molar-refractivity contribution in [1.82, 2.24) is 13.9 Å². The predicted molar refractivity (Wildman–Crippen MR) is 80.0 cm³/mol. The number of carbonyl (C=O) groups excluding carboxylic acids is 1. The van der Waals surface area contributed by atoms with Gasteiger partial charge in [-0.25, -0.2) is 9.52 Å². The Bertz CT molecular complexity index is 429. The van der Waals surface area contributed by atoms with E-state index < -0.39 is 16.3 Å². The first kappa shape index (κ1) is 18.1. The van der Waals surface area contributed by atoms with Gasteiger partial charge in [0.2, 0.25) is 0 Å². The summed E-state index contributed by atoms with van der Waals surface area (Å²) in [5.41, 5.74) is 5.62. The molecular formula is C12H26N4O4S. The number of carbonyl (C=O) groups is 1. The van der Waals surface area contributed by atoms with Crippen molar-refractivity contribution in [2.75, 3.05) is 39.8 Å². The molecule has 1 unspecified atom stereocenters. The van der Waals surface area contributed by atoms with Crippen molar-refractivity contribution >= 4 is 16.3 Å². The molecule has 21 heavy (non-hydrogen) atoms. The first-order valence-electron chi connectivity index (χ1n) is 7.24. The minimum atomic E-state index is -3.83. The molecule has 1 heterocycles. The van der Waals surface area contributed by atoms with Gasteiger partial charge in [0.25, 0.3) is 0 Å². The molecule has 0 radical (unpaired) electrons. The summed E-state index contributed by atoms with van der Waals surface area (Å²) >= 11 is 0. The highest BCUT2D eigenvalue weighted by Gasteiger charge is 2.28. The fourth-order valence-corrected chi connectivity index (χ4v) is 3.68. The van der Waals surface area contributed by atoms with Crippen molar-refractivity contribution in [2.45, 2.75) is 32.2 Å². The van der Waals surface area contributed by atoms with Gasteiger partial charge in [0.1, 0.15) is 0 Å². The summed E-state index contributed by atoms with van der Waals surface area (Å²) in [7, 11) is -2.70. The van der Waals surface area contributed by atoms with Crippen LogP contribution in [-0.4, -0.2) is 69.6 Å². The molecule has 0 aromatic heterocycles. The maximum Gasteiger partial charge on any atom is 0.421 e. The van der Waals surface area contributed by atoms with E-state index in [-0.39, 0.29) is 0 Å². The van der Waals surface area contributed by atoms with E-state index in [1.807, 2.05) is 4.72 Å². The average molecular weight is 322 g/mol. The van der Waals surface area contributed by atoms with E-state index in [1.165, 1.54) is 4.31 Å². The summed E-state index contributed by atoms with van der Waals surface area (Å²) in [5, 5.41) is 0. The number of nitrogens with zero attached hydrogens (tertiary/aromatic N) is 2. The van der Waals surface area contributed by atoms with E-state index >= 15 is 0 Å². The summed E-state index contributed by atoms with van der Waals surface area (Å²) in [6.45, 7) is 4.96. The Morgan fingerprint density at radius 1 is 1.33 bits per heavy atom. The average Bonchev–Trinajstić information content (AvgIpc) is 2.70. The maximum absolute atomic E-state index is 12.1. The molecule has 0 bridgehead atoms. The van der Waals surface area contributed by atoms with Crippen LogP contribution in [0.1, 0.15) is 26.2 Å². The Morgan fingerprint density at radius 3 is 2.62 bits per heavy atom. The second kappa shape index (κ2) is 8.52. The molecule has 0 saturated carbocycles. The molecule has 1 saturated heterocycles. The molecule has 1 fully saturated rings. The van der Waals surface area contributed by atoms with Crippen LogP contribution in [0.3, 0.4) is 0 Å². The molecule has 0 aromatic carbocycles. The van der Waals surface area contributed by atoms with Crippen molar-refractivity contribution in [2.24, 2.45) is 5.73 Å². The SMILES string of the molecule is CCC(CCN)N1CCCN(S(=O)(=O)NC(=O)OC)CC1. The first-order chi connectivity index (χ1) is 9.94. The van der Waals surface area contributed by atoms with Crippen LogP contribution in [0.5, 0.6) is 0 Å². The van der Waals surface area contributed by atoms with E-state index in [9.17, 15) is 13.2 Å². The summed E-state index contributed by atoms with van der Waals surface area (Å²) in [6.07, 6.45) is 1.66. The highest BCUT2D eigenvalue weighted by atomic mass is 32.2. The Labute approximate surface area is 126 Å². The zero-order chi connectivity index (χ0) is 15.9. The van der Waals surface area contributed by atoms with E-state index in [1.54, 1.807) is 0 Å². The number of hydrogen-bond donors (Lipinski definition) is 2. The highest BCUT2D eigenvalue weighted by molar-refractivity contribution is 7.87. The number of hydrogen-bond acceptors (Lipinski definition) is 6. The van der Waals surface area contributed by atoms with Gasteiger partial charge in [-0.1, -0.05) is 6.92 Å². The van der Waals surface area contributed by atoms with Gasteiger partial charge in [0.15, 0.2) is 0 Å². The van der Waals surface area contributed by atoms with Gasteiger partial charge >= 0.3 is 16.3 Å². The Hall–Kier alpha value is -0.900. The van der Waals surface area contributed by atoms with Gasteiger partial charge < -0.3 is 10.5 Å². The Balaban J connectivity index is 2.65. The lowest BCUT2D eigenvalue weighted by Gasteiger charge is -2.29. The van der Waals surface area contributed by atoms with E-state index in [2.05, 4.69) is 16.6 Å². The fraction of sp³-hybridized carbons (Fsp3) is 0.917. The van der Waals surface area contributed by atoms with Crippen LogP contribution in [0.4, 0.5) is 4.79 Å². The van der Waals surface area contributed by atoms with E-state index in [0.717, 1.165) is 32.9 Å². The van der Waals surface area contributed by atoms with E-state index in [4.69, 9.17) is 5.73 Å². The Kier molecular flexibility index (Phi) is 7.36. The van der Waals surface area contributed by atoms with Crippen LogP contribution in [0.25, 0.3) is 0 Å². The van der Waals surface area contributed by atoms with Crippen molar-refractivity contribution in [3.05, 3.63) is 0 Å². The van der Waals surface area contributed by atoms with Crippen molar-refractivity contribution in [3.63, 3.8) is 0 Å². The molecule has 3 N–H and O–H groups in total. The van der Waals surface area contributed by atoms with Crippen LogP contribution >= 0.6 is 0 Å². The minimum absolute atomic E-state index is 0.355. The topological polar surface area (TPSA) is 105 Å². The molecule has 9 heteroatoms. The van der Waals surface area contributed by atoms with Crippen LogP contribution in [0.15, 0.2) is 0 Å². The summed E-state index contributed by atoms with van der Waals surface area (Å²) in [4.78, 5) is 13.4. The van der Waals surface area contributed by atoms with Crippen LogP contribution in [0.2, 0.25) is 0 Å². The number of methoxy groups -OCH3 is 1. The van der Waals surface area contributed by atoms with Gasteiger partial charge in [0.05, 0.1) is 7.11 Å². The standard InChI is InChI=1S/C12H26N4O4S/c1-3-11(5-6-13)15-7-4-8-16(10-9-15)21(18,19)14-12(17)20-2/h11H,3-10,13H2,1-2H3,(H,14,17). The molecule has 1 atom stereocenters. The van der Waals surface area contributed by atoms with Crippen molar-refractivity contribution in [1.29, 1.82) is 0 Å². The number of amides is 1. The van der Waals surface area contributed by atoms with Crippen LogP contribution in [0, 0.1) is 0 Å². The quantitative estimate of drug-likeness (QED) is 0.697. The van der Waals surface area contributed by atoms with Gasteiger partial charge in [-0.3, -0.25) is 4.90 Å². The maximum atomic E-state index is 12.1. The lowest BCUT2D eigenvalue weighted by Crippen LogP contribution is -2.45. The third kappa shape index (κ3) is 5.42. The lowest BCUT2D eigenvalue weighted by atomic mass is 10.1. The summed E-state index contributed by atoms with van der Waals surface area (Å²) < 4.78 is 31.6. The monoisotopic (exact) mass is 322 g/mol. The molecule has 8 nitrogen and oxygen atoms in total. The zero-order valence-electron chi connectivity index (χ0n) is 12.7. The molecule has 1 aliphatic heterocycles. The lowest BCUT2D eigenvalue weighted by molar-refractivity contribution is 0.176. The Morgan fingerprint density at radius 2 is 2.05 bits per heavy atom. The van der Waals surface area contributed by atoms with Gasteiger partial charge in [0, 0.05) is 25.7 Å². The fourth-order valence-electron chi connectivity index (χ4n) is 2.57. The molecule has 1 rings (SSSR count). The largest absolute Gasteiger partial charge is 0.452 e. The molecule has 0 aliphatic carbocycles. The smallest absolute Gasteiger partial charge is 0.421 e. The van der Waals surface area contributed by atoms with Gasteiger partial charge in [-0.15, -0.1) is 0 Å². The normalized spacial score (nSPS) is 19.8. The van der Waals surface area contributed by atoms with Crippen LogP contribution < -0.4 is 10.5 Å². The summed E-state index contributed by atoms with van der Waals surface area (Å²) in [6, 6.07) is 0.381. The zero-order valence-corrected chi connectivity index (χ0v) is 13.6. The van der Waals surface area contributed by atoms with Crippen LogP contribution in [-0.2, 0) is 14.9 Å². The molecule has 124 valence electrons. The van der Waals surface area contributed by atoms with Gasteiger partial charge in [-0.05, 0) is 32.4 Å². The second-order valence-electron chi connectivity index (χ2n) is 5.03. The second-order valence-corrected chi connectivity index (χ2v) is 6.70. The summed E-state index contributed by atoms with van der Waals surface area (Å²) in [5.74, 6) is 0. The van der Waals surface area contributed by atoms with Crippen molar-refractivity contribution < 1.29 is 17.9 Å². The van der Waals surface area contributed by atoms with Gasteiger partial charge in [-0.2, -0.15) is 12.7 Å². The highest BCUT2D eigenvalue weighted by Crippen LogP contribution is 2.13. The number of nitrogens with one attached hydrogen (secondary N) is 1. The first-order valence-corrected chi connectivity index (χ1v) is 8.68. The third-order valence-electron chi connectivity index (χ3n) is 3.71. The molecule has 1 aliphatic rings. The number of nitrogens with two attached hydrogens (primary N) is 1. The number of rotatable bonds is 6. The molecule has 1 amide bonds. The predicted octanol–water partition coefficient (Wildman–Crippen LogP) is -0.278. The van der Waals surface area contributed by atoms with E-state index in [0.29, 0.717) is 32.2 Å². The third-order valence-corrected chi connectivity index (χ3v) is 5.18. The molecule has 0 aromatic rings. The molecular weight excluding hydrogens is 296 g/mol. The molecule has 0 spiro atoms.